The zero-order chi connectivity index (χ0) is 20.1. The van der Waals surface area contributed by atoms with Gasteiger partial charge in [-0.3, -0.25) is 9.36 Å². The van der Waals surface area contributed by atoms with Crippen molar-refractivity contribution in [1.82, 2.24) is 14.5 Å². The highest BCUT2D eigenvalue weighted by Crippen LogP contribution is 2.31. The molecule has 0 N–H and O–H groups in total. The second-order valence-corrected chi connectivity index (χ2v) is 7.89. The molecule has 0 atom stereocenters. The Labute approximate surface area is 174 Å². The lowest BCUT2D eigenvalue weighted by atomic mass is 10.1. The minimum absolute atomic E-state index is 0.0226. The lowest BCUT2D eigenvalue weighted by molar-refractivity contribution is 0.198. The third kappa shape index (κ3) is 4.46. The maximum absolute atomic E-state index is 13.5. The van der Waals surface area contributed by atoms with Crippen LogP contribution >= 0.6 is 22.9 Å². The summed E-state index contributed by atoms with van der Waals surface area (Å²) in [5.74, 6) is 0.788. The van der Waals surface area contributed by atoms with Crippen LogP contribution in [0, 0.1) is 0 Å². The average molecular weight is 420 g/mol. The molecule has 150 valence electrons. The average Bonchev–Trinajstić information content (AvgIpc) is 3.13. The third-order valence-electron chi connectivity index (χ3n) is 4.99. The standard InChI is InChI=1S/C21H26ClN3O2S/c1-4-24(5-2)11-12-25-18(10-13-27-3)23-20-19(21(25)26)17(14-28-20)15-6-8-16(22)9-7-15/h6-9,14H,4-5,10-13H2,1-3H3. The summed E-state index contributed by atoms with van der Waals surface area (Å²) in [6.07, 6.45) is 0.619. The Morgan fingerprint density at radius 3 is 2.57 bits per heavy atom. The van der Waals surface area contributed by atoms with Crippen LogP contribution in [0.1, 0.15) is 19.7 Å². The number of methoxy groups -OCH3 is 1. The summed E-state index contributed by atoms with van der Waals surface area (Å²) in [4.78, 5) is 21.4. The summed E-state index contributed by atoms with van der Waals surface area (Å²) in [6, 6.07) is 7.59. The molecule has 3 rings (SSSR count). The summed E-state index contributed by atoms with van der Waals surface area (Å²) >= 11 is 7.53. The number of nitrogens with zero attached hydrogens (tertiary/aromatic N) is 3. The van der Waals surface area contributed by atoms with Gasteiger partial charge in [-0.1, -0.05) is 37.6 Å². The van der Waals surface area contributed by atoms with E-state index < -0.39 is 0 Å². The molecule has 0 radical (unpaired) electrons. The largest absolute Gasteiger partial charge is 0.384 e. The van der Waals surface area contributed by atoms with Crippen LogP contribution in [-0.2, 0) is 17.7 Å². The van der Waals surface area contributed by atoms with E-state index in [9.17, 15) is 4.79 Å². The van der Waals surface area contributed by atoms with E-state index in [1.54, 1.807) is 7.11 Å². The minimum Gasteiger partial charge on any atom is -0.384 e. The van der Waals surface area contributed by atoms with Crippen LogP contribution in [-0.4, -0.2) is 47.8 Å². The molecule has 28 heavy (non-hydrogen) atoms. The van der Waals surface area contributed by atoms with Gasteiger partial charge in [0.25, 0.3) is 5.56 Å². The topological polar surface area (TPSA) is 47.4 Å². The number of hydrogen-bond acceptors (Lipinski definition) is 5. The predicted molar refractivity (Wildman–Crippen MR) is 118 cm³/mol. The fourth-order valence-corrected chi connectivity index (χ4v) is 4.39. The summed E-state index contributed by atoms with van der Waals surface area (Å²) in [5.41, 5.74) is 1.92. The quantitative estimate of drug-likeness (QED) is 0.518. The molecule has 2 heterocycles. The van der Waals surface area contributed by atoms with E-state index in [1.165, 1.54) is 11.3 Å². The van der Waals surface area contributed by atoms with Crippen molar-refractivity contribution in [2.75, 3.05) is 33.4 Å². The van der Waals surface area contributed by atoms with Gasteiger partial charge >= 0.3 is 0 Å². The number of thiophene rings is 1. The Hall–Kier alpha value is -1.73. The molecule has 0 fully saturated rings. The summed E-state index contributed by atoms with van der Waals surface area (Å²) < 4.78 is 7.06. The molecule has 0 amide bonds. The lowest BCUT2D eigenvalue weighted by Crippen LogP contribution is -2.33. The van der Waals surface area contributed by atoms with Crippen molar-refractivity contribution < 1.29 is 4.74 Å². The van der Waals surface area contributed by atoms with Gasteiger partial charge in [0.2, 0.25) is 0 Å². The molecule has 1 aromatic carbocycles. The third-order valence-corrected chi connectivity index (χ3v) is 6.12. The van der Waals surface area contributed by atoms with Crippen molar-refractivity contribution in [2.45, 2.75) is 26.8 Å². The lowest BCUT2D eigenvalue weighted by Gasteiger charge is -2.20. The molecule has 0 aliphatic rings. The number of fused-ring (bicyclic) bond motifs is 1. The number of hydrogen-bond donors (Lipinski definition) is 0. The van der Waals surface area contributed by atoms with Crippen molar-refractivity contribution in [3.63, 3.8) is 0 Å². The van der Waals surface area contributed by atoms with E-state index in [1.807, 2.05) is 34.2 Å². The van der Waals surface area contributed by atoms with Crippen molar-refractivity contribution >= 4 is 33.2 Å². The Morgan fingerprint density at radius 2 is 1.93 bits per heavy atom. The highest BCUT2D eigenvalue weighted by Gasteiger charge is 2.17. The van der Waals surface area contributed by atoms with Gasteiger partial charge in [0, 0.05) is 42.6 Å². The van der Waals surface area contributed by atoms with Gasteiger partial charge in [-0.15, -0.1) is 11.3 Å². The molecule has 2 aromatic heterocycles. The van der Waals surface area contributed by atoms with Crippen LogP contribution in [0.4, 0.5) is 0 Å². The SMILES string of the molecule is CCN(CC)CCn1c(CCOC)nc2scc(-c3ccc(Cl)cc3)c2c1=O. The van der Waals surface area contributed by atoms with Crippen molar-refractivity contribution in [3.8, 4) is 11.1 Å². The maximum atomic E-state index is 13.5. The number of halogens is 1. The maximum Gasteiger partial charge on any atom is 0.262 e. The molecule has 0 saturated heterocycles. The first-order valence-electron chi connectivity index (χ1n) is 9.57. The fraction of sp³-hybridized carbons (Fsp3) is 0.429. The number of rotatable bonds is 9. The Kier molecular flexibility index (Phi) is 7.24. The van der Waals surface area contributed by atoms with Gasteiger partial charge in [-0.2, -0.15) is 0 Å². The van der Waals surface area contributed by atoms with Crippen molar-refractivity contribution in [2.24, 2.45) is 0 Å². The Bertz CT molecular complexity index is 978. The highest BCUT2D eigenvalue weighted by atomic mass is 35.5. The summed E-state index contributed by atoms with van der Waals surface area (Å²) in [5, 5.41) is 3.38. The van der Waals surface area contributed by atoms with Crippen molar-refractivity contribution in [3.05, 3.63) is 50.8 Å². The van der Waals surface area contributed by atoms with Gasteiger partial charge in [0.1, 0.15) is 10.7 Å². The zero-order valence-corrected chi connectivity index (χ0v) is 18.1. The molecule has 0 bridgehead atoms. The van der Waals surface area contributed by atoms with Crippen molar-refractivity contribution in [1.29, 1.82) is 0 Å². The fourth-order valence-electron chi connectivity index (χ4n) is 3.30. The first-order chi connectivity index (χ1) is 13.6. The molecule has 0 unspecified atom stereocenters. The van der Waals surface area contributed by atoms with Gasteiger partial charge < -0.3 is 9.64 Å². The molecule has 0 aliphatic heterocycles. The predicted octanol–water partition coefficient (Wildman–Crippen LogP) is 4.31. The molecular weight excluding hydrogens is 394 g/mol. The van der Waals surface area contributed by atoms with Crippen LogP contribution in [0.2, 0.25) is 5.02 Å². The van der Waals surface area contributed by atoms with Gasteiger partial charge in [0.15, 0.2) is 0 Å². The normalized spacial score (nSPS) is 11.6. The smallest absolute Gasteiger partial charge is 0.262 e. The summed E-state index contributed by atoms with van der Waals surface area (Å²) in [6.45, 7) is 8.18. The van der Waals surface area contributed by atoms with Gasteiger partial charge in [-0.05, 0) is 30.8 Å². The number of aromatic nitrogens is 2. The van der Waals surface area contributed by atoms with Crippen LogP contribution < -0.4 is 5.56 Å². The first kappa shape index (κ1) is 21.0. The first-order valence-corrected chi connectivity index (χ1v) is 10.8. The molecule has 0 spiro atoms. The van der Waals surface area contributed by atoms with Crippen LogP contribution in [0.3, 0.4) is 0 Å². The second-order valence-electron chi connectivity index (χ2n) is 6.59. The molecule has 5 nitrogen and oxygen atoms in total. The molecule has 0 saturated carbocycles. The van der Waals surface area contributed by atoms with Crippen LogP contribution in [0.5, 0.6) is 0 Å². The number of ether oxygens (including phenoxy) is 1. The van der Waals surface area contributed by atoms with Crippen LogP contribution in [0.15, 0.2) is 34.4 Å². The molecule has 3 aromatic rings. The van der Waals surface area contributed by atoms with E-state index in [0.29, 0.717) is 30.0 Å². The van der Waals surface area contributed by atoms with E-state index in [2.05, 4.69) is 18.7 Å². The molecule has 7 heteroatoms. The van der Waals surface area contributed by atoms with E-state index in [4.69, 9.17) is 21.3 Å². The van der Waals surface area contributed by atoms with E-state index in [0.717, 1.165) is 41.4 Å². The minimum atomic E-state index is 0.0226. The van der Waals surface area contributed by atoms with Crippen LogP contribution in [0.25, 0.3) is 21.3 Å². The van der Waals surface area contributed by atoms with E-state index in [-0.39, 0.29) is 5.56 Å². The Balaban J connectivity index is 2.09. The molecule has 0 aliphatic carbocycles. The number of likely N-dealkylation sites (N-methyl/N-ethyl adjacent to an activating group) is 1. The number of benzene rings is 1. The highest BCUT2D eigenvalue weighted by molar-refractivity contribution is 7.17. The zero-order valence-electron chi connectivity index (χ0n) is 16.6. The Morgan fingerprint density at radius 1 is 1.21 bits per heavy atom. The van der Waals surface area contributed by atoms with Gasteiger partial charge in [0.05, 0.1) is 12.0 Å². The monoisotopic (exact) mass is 419 g/mol. The summed E-state index contributed by atoms with van der Waals surface area (Å²) in [7, 11) is 1.67. The van der Waals surface area contributed by atoms with E-state index >= 15 is 0 Å². The van der Waals surface area contributed by atoms with Gasteiger partial charge in [-0.25, -0.2) is 4.98 Å². The molecular formula is C21H26ClN3O2S. The second kappa shape index (κ2) is 9.65.